The van der Waals surface area contributed by atoms with E-state index in [0.717, 1.165) is 25.0 Å². The second-order valence-electron chi connectivity index (χ2n) is 7.58. The maximum atomic E-state index is 12.8. The minimum absolute atomic E-state index is 0.102. The molecule has 0 spiro atoms. The molecule has 1 heterocycles. The Morgan fingerprint density at radius 3 is 2.29 bits per heavy atom. The lowest BCUT2D eigenvalue weighted by molar-refractivity contribution is -0.120. The highest BCUT2D eigenvalue weighted by molar-refractivity contribution is 5.95. The number of primary amides is 1. The van der Waals surface area contributed by atoms with Gasteiger partial charge in [-0.3, -0.25) is 9.59 Å². The molecule has 10 heteroatoms. The van der Waals surface area contributed by atoms with Gasteiger partial charge in [0.2, 0.25) is 5.75 Å². The molecule has 1 saturated heterocycles. The molecule has 3 N–H and O–H groups in total. The second kappa shape index (κ2) is 12.0. The highest BCUT2D eigenvalue weighted by Crippen LogP contribution is 2.38. The molecule has 3 rings (SSSR count). The number of carbonyl (C=O) groups excluding carboxylic acids is 2. The molecule has 1 fully saturated rings. The van der Waals surface area contributed by atoms with Crippen molar-refractivity contribution in [2.45, 2.75) is 25.5 Å². The molecule has 34 heavy (non-hydrogen) atoms. The van der Waals surface area contributed by atoms with Gasteiger partial charge in [0, 0.05) is 18.7 Å². The van der Waals surface area contributed by atoms with Crippen LogP contribution in [0.1, 0.15) is 28.8 Å². The summed E-state index contributed by atoms with van der Waals surface area (Å²) in [6.07, 6.45) is 2.13. The SMILES string of the molecule is COc1cc(CNC(=O)c2cc(OC)c(OCC(N)=O)c(OC)c2)ccc1OCC1CCCO1. The van der Waals surface area contributed by atoms with Gasteiger partial charge in [-0.25, -0.2) is 0 Å². The average Bonchev–Trinajstić information content (AvgIpc) is 3.37. The van der Waals surface area contributed by atoms with E-state index >= 15 is 0 Å². The highest BCUT2D eigenvalue weighted by Gasteiger charge is 2.19. The zero-order valence-electron chi connectivity index (χ0n) is 19.6. The van der Waals surface area contributed by atoms with Crippen LogP contribution in [0.2, 0.25) is 0 Å². The van der Waals surface area contributed by atoms with Crippen molar-refractivity contribution in [1.29, 1.82) is 0 Å². The molecule has 184 valence electrons. The quantitative estimate of drug-likeness (QED) is 0.479. The minimum atomic E-state index is -0.648. The number of methoxy groups -OCH3 is 3. The molecule has 1 aliphatic rings. The summed E-state index contributed by atoms with van der Waals surface area (Å²) in [5, 5.41) is 2.85. The Balaban J connectivity index is 1.66. The Bertz CT molecular complexity index is 979. The molecule has 2 aromatic carbocycles. The van der Waals surface area contributed by atoms with E-state index in [9.17, 15) is 9.59 Å². The molecule has 10 nitrogen and oxygen atoms in total. The topological polar surface area (TPSA) is 128 Å². The molecule has 0 aliphatic carbocycles. The van der Waals surface area contributed by atoms with Crippen molar-refractivity contribution in [3.8, 4) is 28.7 Å². The Morgan fingerprint density at radius 1 is 1.00 bits per heavy atom. The van der Waals surface area contributed by atoms with Crippen molar-refractivity contribution in [3.05, 3.63) is 41.5 Å². The third-order valence-electron chi connectivity index (χ3n) is 5.21. The molecule has 0 aromatic heterocycles. The number of rotatable bonds is 12. The van der Waals surface area contributed by atoms with Crippen molar-refractivity contribution < 1.29 is 38.0 Å². The largest absolute Gasteiger partial charge is 0.493 e. The third kappa shape index (κ3) is 6.44. The zero-order valence-corrected chi connectivity index (χ0v) is 19.6. The van der Waals surface area contributed by atoms with E-state index in [-0.39, 0.29) is 42.4 Å². The van der Waals surface area contributed by atoms with Crippen molar-refractivity contribution in [1.82, 2.24) is 5.32 Å². The number of ether oxygens (including phenoxy) is 6. The number of hydrogen-bond acceptors (Lipinski definition) is 8. The third-order valence-corrected chi connectivity index (χ3v) is 5.21. The average molecular weight is 475 g/mol. The minimum Gasteiger partial charge on any atom is -0.493 e. The highest BCUT2D eigenvalue weighted by atomic mass is 16.6. The molecule has 2 aromatic rings. The number of nitrogens with two attached hydrogens (primary N) is 1. The van der Waals surface area contributed by atoms with Crippen LogP contribution in [0.4, 0.5) is 0 Å². The maximum absolute atomic E-state index is 12.8. The van der Waals surface area contributed by atoms with E-state index < -0.39 is 5.91 Å². The summed E-state index contributed by atoms with van der Waals surface area (Å²) in [4.78, 5) is 23.9. The fraction of sp³-hybridized carbons (Fsp3) is 0.417. The monoisotopic (exact) mass is 474 g/mol. The summed E-state index contributed by atoms with van der Waals surface area (Å²) in [5.41, 5.74) is 6.26. The van der Waals surface area contributed by atoms with Crippen LogP contribution in [0.3, 0.4) is 0 Å². The van der Waals surface area contributed by atoms with Crippen molar-refractivity contribution in [3.63, 3.8) is 0 Å². The molecule has 0 radical (unpaired) electrons. The van der Waals surface area contributed by atoms with Crippen molar-refractivity contribution in [2.24, 2.45) is 5.73 Å². The molecule has 2 amide bonds. The molecule has 1 unspecified atom stereocenters. The Labute approximate surface area is 198 Å². The van der Waals surface area contributed by atoms with E-state index in [2.05, 4.69) is 5.32 Å². The molecule has 0 bridgehead atoms. The Hall–Kier alpha value is -3.66. The van der Waals surface area contributed by atoms with Gasteiger partial charge in [-0.05, 0) is 42.7 Å². The summed E-state index contributed by atoms with van der Waals surface area (Å²) < 4.78 is 32.9. The predicted octanol–water partition coefficient (Wildman–Crippen LogP) is 2.06. The van der Waals surface area contributed by atoms with Gasteiger partial charge >= 0.3 is 0 Å². The van der Waals surface area contributed by atoms with Gasteiger partial charge in [0.15, 0.2) is 29.6 Å². The van der Waals surface area contributed by atoms with E-state index in [1.165, 1.54) is 26.4 Å². The second-order valence-corrected chi connectivity index (χ2v) is 7.58. The fourth-order valence-electron chi connectivity index (χ4n) is 3.48. The predicted molar refractivity (Wildman–Crippen MR) is 123 cm³/mol. The lowest BCUT2D eigenvalue weighted by atomic mass is 10.1. The van der Waals surface area contributed by atoms with Crippen LogP contribution in [-0.4, -0.2) is 59.1 Å². The van der Waals surface area contributed by atoms with Gasteiger partial charge in [0.05, 0.1) is 27.4 Å². The smallest absolute Gasteiger partial charge is 0.255 e. The summed E-state index contributed by atoms with van der Waals surface area (Å²) in [6, 6.07) is 8.47. The van der Waals surface area contributed by atoms with Gasteiger partial charge in [-0.1, -0.05) is 6.07 Å². The number of carbonyl (C=O) groups is 2. The van der Waals surface area contributed by atoms with Crippen molar-refractivity contribution in [2.75, 3.05) is 41.2 Å². The van der Waals surface area contributed by atoms with Crippen LogP contribution in [0.25, 0.3) is 0 Å². The normalized spacial score (nSPS) is 14.9. The summed E-state index contributed by atoms with van der Waals surface area (Å²) >= 11 is 0. The Kier molecular flexibility index (Phi) is 8.80. The zero-order chi connectivity index (χ0) is 24.5. The first-order valence-corrected chi connectivity index (χ1v) is 10.8. The van der Waals surface area contributed by atoms with Crippen LogP contribution in [-0.2, 0) is 16.1 Å². The van der Waals surface area contributed by atoms with Gasteiger partial charge < -0.3 is 39.5 Å². The van der Waals surface area contributed by atoms with Gasteiger partial charge in [0.1, 0.15) is 6.61 Å². The van der Waals surface area contributed by atoms with Crippen LogP contribution in [0.5, 0.6) is 28.7 Å². The Morgan fingerprint density at radius 2 is 1.71 bits per heavy atom. The standard InChI is InChI=1S/C24H30N2O8/c1-29-19-9-15(6-7-18(19)33-13-17-5-4-8-32-17)12-26-24(28)16-10-20(30-2)23(21(11-16)31-3)34-14-22(25)27/h6-7,9-11,17H,4-5,8,12-14H2,1-3H3,(H2,25,27)(H,26,28). The van der Waals surface area contributed by atoms with E-state index in [1.807, 2.05) is 18.2 Å². The summed E-state index contributed by atoms with van der Waals surface area (Å²) in [5.74, 6) is 0.850. The molecular formula is C24H30N2O8. The summed E-state index contributed by atoms with van der Waals surface area (Å²) in [6.45, 7) is 1.14. The first-order chi connectivity index (χ1) is 16.4. The summed E-state index contributed by atoms with van der Waals surface area (Å²) in [7, 11) is 4.40. The molecule has 1 aliphatic heterocycles. The lowest BCUT2D eigenvalue weighted by Gasteiger charge is -2.16. The van der Waals surface area contributed by atoms with Crippen LogP contribution in [0, 0.1) is 0 Å². The number of nitrogens with one attached hydrogen (secondary N) is 1. The number of amides is 2. The number of hydrogen-bond donors (Lipinski definition) is 2. The number of benzene rings is 2. The first-order valence-electron chi connectivity index (χ1n) is 10.8. The van der Waals surface area contributed by atoms with E-state index in [4.69, 9.17) is 34.2 Å². The molecular weight excluding hydrogens is 444 g/mol. The van der Waals surface area contributed by atoms with Crippen LogP contribution < -0.4 is 34.7 Å². The van der Waals surface area contributed by atoms with Gasteiger partial charge in [0.25, 0.3) is 11.8 Å². The van der Waals surface area contributed by atoms with E-state index in [0.29, 0.717) is 23.7 Å². The first kappa shape index (κ1) is 25.0. The van der Waals surface area contributed by atoms with Crippen LogP contribution in [0.15, 0.2) is 30.3 Å². The maximum Gasteiger partial charge on any atom is 0.255 e. The fourth-order valence-corrected chi connectivity index (χ4v) is 3.48. The van der Waals surface area contributed by atoms with E-state index in [1.54, 1.807) is 7.11 Å². The van der Waals surface area contributed by atoms with Crippen LogP contribution >= 0.6 is 0 Å². The molecule has 1 atom stereocenters. The van der Waals surface area contributed by atoms with Gasteiger partial charge in [-0.2, -0.15) is 0 Å². The molecule has 0 saturated carbocycles. The van der Waals surface area contributed by atoms with Gasteiger partial charge in [-0.15, -0.1) is 0 Å². The van der Waals surface area contributed by atoms with Crippen molar-refractivity contribution >= 4 is 11.8 Å². The lowest BCUT2D eigenvalue weighted by Crippen LogP contribution is -2.23.